The molecule has 0 saturated heterocycles. The Morgan fingerprint density at radius 3 is 2.52 bits per heavy atom. The zero-order valence-corrected chi connectivity index (χ0v) is 15.5. The van der Waals surface area contributed by atoms with Gasteiger partial charge in [-0.3, -0.25) is 14.2 Å². The minimum atomic E-state index is -0.157. The second-order valence-corrected chi connectivity index (χ2v) is 6.49. The van der Waals surface area contributed by atoms with E-state index in [1.165, 1.54) is 0 Å². The first-order chi connectivity index (χ1) is 13.0. The summed E-state index contributed by atoms with van der Waals surface area (Å²) in [7, 11) is 3.71. The molecule has 0 fully saturated rings. The fourth-order valence-corrected chi connectivity index (χ4v) is 3.05. The van der Waals surface area contributed by atoms with Crippen molar-refractivity contribution in [1.29, 1.82) is 0 Å². The molecule has 0 atom stereocenters. The molecule has 1 aromatic carbocycles. The molecule has 4 aromatic rings. The maximum absolute atomic E-state index is 12.9. The van der Waals surface area contributed by atoms with Crippen molar-refractivity contribution in [1.82, 2.24) is 29.9 Å². The number of hydrogen-bond donors (Lipinski definition) is 1. The third kappa shape index (κ3) is 3.08. The number of benzene rings is 1. The molecule has 3 aromatic heterocycles. The number of nitrogens with zero attached hydrogens (tertiary/aromatic N) is 5. The van der Waals surface area contributed by atoms with Gasteiger partial charge in [0.1, 0.15) is 0 Å². The Balaban J connectivity index is 1.71. The Morgan fingerprint density at radius 2 is 1.81 bits per heavy atom. The minimum absolute atomic E-state index is 0.157. The smallest absolute Gasteiger partial charge is 0.252 e. The van der Waals surface area contributed by atoms with E-state index in [9.17, 15) is 4.79 Å². The molecule has 0 unspecified atom stereocenters. The number of rotatable bonds is 4. The fourth-order valence-electron chi connectivity index (χ4n) is 3.05. The Bertz CT molecular complexity index is 1130. The van der Waals surface area contributed by atoms with Crippen molar-refractivity contribution in [2.45, 2.75) is 13.5 Å². The van der Waals surface area contributed by atoms with Crippen LogP contribution in [-0.2, 0) is 20.6 Å². The van der Waals surface area contributed by atoms with Gasteiger partial charge in [0.25, 0.3) is 5.91 Å². The average Bonchev–Trinajstić information content (AvgIpc) is 3.23. The molecule has 136 valence electrons. The van der Waals surface area contributed by atoms with E-state index in [1.807, 2.05) is 57.4 Å². The van der Waals surface area contributed by atoms with E-state index in [-0.39, 0.29) is 5.91 Å². The van der Waals surface area contributed by atoms with Crippen LogP contribution in [0.25, 0.3) is 22.3 Å². The van der Waals surface area contributed by atoms with Gasteiger partial charge in [-0.05, 0) is 13.0 Å². The van der Waals surface area contributed by atoms with E-state index in [1.54, 1.807) is 21.8 Å². The van der Waals surface area contributed by atoms with Gasteiger partial charge in [-0.1, -0.05) is 30.3 Å². The predicted octanol–water partition coefficient (Wildman–Crippen LogP) is 2.61. The van der Waals surface area contributed by atoms with Crippen molar-refractivity contribution in [3.8, 4) is 11.3 Å². The van der Waals surface area contributed by atoms with Crippen LogP contribution in [0.5, 0.6) is 0 Å². The average molecular weight is 360 g/mol. The highest BCUT2D eigenvalue weighted by Gasteiger charge is 2.17. The lowest BCUT2D eigenvalue weighted by atomic mass is 10.1. The number of nitrogens with one attached hydrogen (secondary N) is 1. The largest absolute Gasteiger partial charge is 0.348 e. The van der Waals surface area contributed by atoms with Crippen LogP contribution < -0.4 is 5.32 Å². The highest BCUT2D eigenvalue weighted by molar-refractivity contribution is 6.06. The highest BCUT2D eigenvalue weighted by Crippen LogP contribution is 2.24. The van der Waals surface area contributed by atoms with Gasteiger partial charge in [-0.25, -0.2) is 4.98 Å². The second kappa shape index (κ2) is 6.68. The molecule has 7 heteroatoms. The zero-order chi connectivity index (χ0) is 19.0. The lowest BCUT2D eigenvalue weighted by Crippen LogP contribution is -2.23. The zero-order valence-electron chi connectivity index (χ0n) is 15.5. The van der Waals surface area contributed by atoms with Crippen LogP contribution in [0.15, 0.2) is 48.8 Å². The van der Waals surface area contributed by atoms with E-state index in [0.717, 1.165) is 27.9 Å². The van der Waals surface area contributed by atoms with Crippen LogP contribution in [0, 0.1) is 6.92 Å². The molecule has 3 heterocycles. The molecule has 1 amide bonds. The first-order valence-corrected chi connectivity index (χ1v) is 8.68. The first kappa shape index (κ1) is 17.0. The van der Waals surface area contributed by atoms with Gasteiger partial charge in [-0.2, -0.15) is 10.2 Å². The summed E-state index contributed by atoms with van der Waals surface area (Å²) in [5.74, 6) is -0.157. The summed E-state index contributed by atoms with van der Waals surface area (Å²) in [6, 6.07) is 11.6. The third-order valence-corrected chi connectivity index (χ3v) is 4.80. The SMILES string of the molecule is Cc1c(CNC(=O)c2cc(-c3ccccc3)nc3c2cnn3C)cnn1C. The van der Waals surface area contributed by atoms with Crippen LogP contribution in [0.3, 0.4) is 0 Å². The van der Waals surface area contributed by atoms with Gasteiger partial charge >= 0.3 is 0 Å². The predicted molar refractivity (Wildman–Crippen MR) is 103 cm³/mol. The van der Waals surface area contributed by atoms with Gasteiger partial charge in [0.05, 0.1) is 29.0 Å². The highest BCUT2D eigenvalue weighted by atomic mass is 16.1. The van der Waals surface area contributed by atoms with Gasteiger partial charge in [0, 0.05) is 37.5 Å². The fraction of sp³-hybridized carbons (Fsp3) is 0.200. The van der Waals surface area contributed by atoms with Gasteiger partial charge in [-0.15, -0.1) is 0 Å². The quantitative estimate of drug-likeness (QED) is 0.607. The molecule has 0 spiro atoms. The van der Waals surface area contributed by atoms with Crippen LogP contribution >= 0.6 is 0 Å². The van der Waals surface area contributed by atoms with Crippen LogP contribution in [0.4, 0.5) is 0 Å². The molecular formula is C20H20N6O. The van der Waals surface area contributed by atoms with Gasteiger partial charge in [0.15, 0.2) is 5.65 Å². The van der Waals surface area contributed by atoms with Crippen molar-refractivity contribution in [2.75, 3.05) is 0 Å². The van der Waals surface area contributed by atoms with E-state index < -0.39 is 0 Å². The monoisotopic (exact) mass is 360 g/mol. The summed E-state index contributed by atoms with van der Waals surface area (Å²) in [5, 5.41) is 12.2. The summed E-state index contributed by atoms with van der Waals surface area (Å²) in [5.41, 5.74) is 4.96. The molecule has 4 rings (SSSR count). The maximum atomic E-state index is 12.9. The van der Waals surface area contributed by atoms with E-state index in [2.05, 4.69) is 15.5 Å². The number of carbonyl (C=O) groups excluding carboxylic acids is 1. The molecule has 0 bridgehead atoms. The lowest BCUT2D eigenvalue weighted by molar-refractivity contribution is 0.0952. The number of aryl methyl sites for hydroxylation is 2. The molecule has 0 aliphatic carbocycles. The lowest BCUT2D eigenvalue weighted by Gasteiger charge is -2.09. The number of fused-ring (bicyclic) bond motifs is 1. The van der Waals surface area contributed by atoms with Crippen molar-refractivity contribution in [2.24, 2.45) is 14.1 Å². The minimum Gasteiger partial charge on any atom is -0.348 e. The molecule has 27 heavy (non-hydrogen) atoms. The van der Waals surface area contributed by atoms with Crippen molar-refractivity contribution >= 4 is 16.9 Å². The van der Waals surface area contributed by atoms with Gasteiger partial charge in [0.2, 0.25) is 0 Å². The third-order valence-electron chi connectivity index (χ3n) is 4.80. The Labute approximate surface area is 156 Å². The number of pyridine rings is 1. The molecule has 1 N–H and O–H groups in total. The summed E-state index contributed by atoms with van der Waals surface area (Å²) in [6.07, 6.45) is 3.46. The van der Waals surface area contributed by atoms with Crippen LogP contribution in [0.2, 0.25) is 0 Å². The van der Waals surface area contributed by atoms with Crippen molar-refractivity contribution in [3.05, 3.63) is 65.6 Å². The Kier molecular flexibility index (Phi) is 4.19. The second-order valence-electron chi connectivity index (χ2n) is 6.49. The normalized spacial score (nSPS) is 11.1. The van der Waals surface area contributed by atoms with E-state index >= 15 is 0 Å². The van der Waals surface area contributed by atoms with Crippen molar-refractivity contribution in [3.63, 3.8) is 0 Å². The summed E-state index contributed by atoms with van der Waals surface area (Å²) in [6.45, 7) is 2.40. The molecule has 7 nitrogen and oxygen atoms in total. The number of carbonyl (C=O) groups is 1. The molecule has 0 saturated carbocycles. The summed E-state index contributed by atoms with van der Waals surface area (Å²) >= 11 is 0. The van der Waals surface area contributed by atoms with Crippen molar-refractivity contribution < 1.29 is 4.79 Å². The number of hydrogen-bond acceptors (Lipinski definition) is 4. The topological polar surface area (TPSA) is 77.6 Å². The maximum Gasteiger partial charge on any atom is 0.252 e. The molecular weight excluding hydrogens is 340 g/mol. The van der Waals surface area contributed by atoms with E-state index in [4.69, 9.17) is 4.98 Å². The molecule has 0 aliphatic heterocycles. The summed E-state index contributed by atoms with van der Waals surface area (Å²) < 4.78 is 3.48. The Morgan fingerprint density at radius 1 is 1.07 bits per heavy atom. The number of amides is 1. The standard InChI is InChI=1S/C20H20N6O/c1-13-15(11-22-25(13)2)10-21-20(27)16-9-18(14-7-5-4-6-8-14)24-19-17(16)12-23-26(19)3/h4-9,11-12H,10H2,1-3H3,(H,21,27). The molecule has 0 radical (unpaired) electrons. The first-order valence-electron chi connectivity index (χ1n) is 8.68. The van der Waals surface area contributed by atoms with Crippen LogP contribution in [-0.4, -0.2) is 30.5 Å². The van der Waals surface area contributed by atoms with E-state index in [0.29, 0.717) is 17.8 Å². The number of aromatic nitrogens is 5. The van der Waals surface area contributed by atoms with Gasteiger partial charge < -0.3 is 5.32 Å². The summed E-state index contributed by atoms with van der Waals surface area (Å²) in [4.78, 5) is 17.6. The Hall–Kier alpha value is -3.48. The van der Waals surface area contributed by atoms with Crippen LogP contribution in [0.1, 0.15) is 21.6 Å². The molecule has 0 aliphatic rings.